The van der Waals surface area contributed by atoms with Gasteiger partial charge in [0.1, 0.15) is 6.07 Å². The fraction of sp³-hybridized carbons (Fsp3) is 0.429. The molecule has 0 aliphatic rings. The van der Waals surface area contributed by atoms with E-state index in [9.17, 15) is 0 Å². The summed E-state index contributed by atoms with van der Waals surface area (Å²) in [4.78, 5) is 4.27. The molecule has 96 valence electrons. The zero-order chi connectivity index (χ0) is 13.4. The minimum absolute atomic E-state index is 0.603. The molecule has 0 unspecified atom stereocenters. The maximum absolute atomic E-state index is 9.09. The Bertz CT molecular complexity index is 449. The van der Waals surface area contributed by atoms with Crippen LogP contribution in [0.3, 0.4) is 0 Å². The van der Waals surface area contributed by atoms with Crippen molar-refractivity contribution in [3.8, 4) is 6.07 Å². The van der Waals surface area contributed by atoms with Crippen LogP contribution in [-0.4, -0.2) is 24.7 Å². The third-order valence-electron chi connectivity index (χ3n) is 2.47. The van der Waals surface area contributed by atoms with E-state index in [1.807, 2.05) is 26.0 Å². The number of hydrogen-bond acceptors (Lipinski definition) is 4. The molecule has 0 aliphatic carbocycles. The molecular weight excluding hydrogens is 226 g/mol. The van der Waals surface area contributed by atoms with Gasteiger partial charge in [-0.05, 0) is 26.3 Å². The molecule has 0 bridgehead atoms. The lowest BCUT2D eigenvalue weighted by atomic mass is 10.1. The summed E-state index contributed by atoms with van der Waals surface area (Å²) in [5.41, 5.74) is 3.09. The summed E-state index contributed by atoms with van der Waals surface area (Å²) < 4.78 is 5.40. The van der Waals surface area contributed by atoms with Gasteiger partial charge >= 0.3 is 0 Å². The number of nitriles is 1. The highest BCUT2D eigenvalue weighted by atomic mass is 16.5. The van der Waals surface area contributed by atoms with E-state index in [1.54, 1.807) is 0 Å². The topological polar surface area (TPSA) is 57.9 Å². The number of aryl methyl sites for hydroxylation is 2. The van der Waals surface area contributed by atoms with Crippen LogP contribution in [0, 0.1) is 25.2 Å². The van der Waals surface area contributed by atoms with Crippen molar-refractivity contribution < 1.29 is 4.74 Å². The molecule has 0 fully saturated rings. The molecule has 0 aromatic carbocycles. The fourth-order valence-corrected chi connectivity index (χ4v) is 1.64. The van der Waals surface area contributed by atoms with E-state index in [1.165, 1.54) is 0 Å². The van der Waals surface area contributed by atoms with E-state index in [2.05, 4.69) is 22.9 Å². The molecule has 0 saturated heterocycles. The normalized spacial score (nSPS) is 9.83. The highest BCUT2D eigenvalue weighted by Gasteiger charge is 2.07. The van der Waals surface area contributed by atoms with Crippen molar-refractivity contribution in [2.24, 2.45) is 0 Å². The van der Waals surface area contributed by atoms with Gasteiger partial charge in [-0.2, -0.15) is 5.26 Å². The lowest BCUT2D eigenvalue weighted by Gasteiger charge is -2.10. The Morgan fingerprint density at radius 3 is 2.94 bits per heavy atom. The monoisotopic (exact) mass is 245 g/mol. The zero-order valence-electron chi connectivity index (χ0n) is 11.0. The summed E-state index contributed by atoms with van der Waals surface area (Å²) in [5.74, 6) is 0. The summed E-state index contributed by atoms with van der Waals surface area (Å²) in [6.45, 7) is 9.36. The van der Waals surface area contributed by atoms with Gasteiger partial charge in [0.15, 0.2) is 0 Å². The van der Waals surface area contributed by atoms with E-state index in [0.29, 0.717) is 25.3 Å². The largest absolute Gasteiger partial charge is 0.382 e. The van der Waals surface area contributed by atoms with Gasteiger partial charge in [-0.1, -0.05) is 6.08 Å². The van der Waals surface area contributed by atoms with Crippen LogP contribution >= 0.6 is 0 Å². The maximum atomic E-state index is 9.09. The van der Waals surface area contributed by atoms with Gasteiger partial charge < -0.3 is 10.1 Å². The number of hydrogen-bond donors (Lipinski definition) is 1. The predicted octanol–water partition coefficient (Wildman–Crippen LogP) is 2.57. The second kappa shape index (κ2) is 7.46. The molecule has 1 aromatic heterocycles. The number of aromatic nitrogens is 1. The first-order chi connectivity index (χ1) is 8.69. The average Bonchev–Trinajstić information content (AvgIpc) is 2.33. The number of anilines is 1. The lowest BCUT2D eigenvalue weighted by molar-refractivity contribution is 0.149. The van der Waals surface area contributed by atoms with Gasteiger partial charge in [0.2, 0.25) is 0 Å². The first-order valence-electron chi connectivity index (χ1n) is 6.00. The molecule has 0 amide bonds. The first-order valence-corrected chi connectivity index (χ1v) is 6.00. The van der Waals surface area contributed by atoms with Crippen LogP contribution in [0.25, 0.3) is 0 Å². The Hall–Kier alpha value is -1.86. The number of rotatable bonds is 7. The molecule has 0 atom stereocenters. The van der Waals surface area contributed by atoms with Crippen molar-refractivity contribution in [1.29, 1.82) is 5.26 Å². The summed E-state index contributed by atoms with van der Waals surface area (Å²) >= 11 is 0. The maximum Gasteiger partial charge on any atom is 0.103 e. The first kappa shape index (κ1) is 14.2. The SMILES string of the molecule is C=CCCOCCNc1cc(C)nc(C)c1C#N. The molecule has 0 aliphatic heterocycles. The molecule has 0 saturated carbocycles. The highest BCUT2D eigenvalue weighted by molar-refractivity contribution is 5.59. The number of ether oxygens (including phenoxy) is 1. The second-order valence-corrected chi connectivity index (χ2v) is 4.00. The van der Waals surface area contributed by atoms with Crippen molar-refractivity contribution >= 4 is 5.69 Å². The molecule has 4 heteroatoms. The molecule has 0 radical (unpaired) electrons. The van der Waals surface area contributed by atoms with E-state index in [4.69, 9.17) is 10.00 Å². The third kappa shape index (κ3) is 4.19. The summed E-state index contributed by atoms with van der Waals surface area (Å²) in [6.07, 6.45) is 2.69. The van der Waals surface area contributed by atoms with E-state index < -0.39 is 0 Å². The van der Waals surface area contributed by atoms with Crippen LogP contribution in [0.4, 0.5) is 5.69 Å². The molecule has 4 nitrogen and oxygen atoms in total. The Labute approximate surface area is 108 Å². The van der Waals surface area contributed by atoms with Gasteiger partial charge in [-0.3, -0.25) is 4.98 Å². The fourth-order valence-electron chi connectivity index (χ4n) is 1.64. The van der Waals surface area contributed by atoms with Gasteiger partial charge in [-0.25, -0.2) is 0 Å². The second-order valence-electron chi connectivity index (χ2n) is 4.00. The van der Waals surface area contributed by atoms with Crippen molar-refractivity contribution in [3.05, 3.63) is 35.7 Å². The van der Waals surface area contributed by atoms with Crippen molar-refractivity contribution in [2.45, 2.75) is 20.3 Å². The Kier molecular flexibility index (Phi) is 5.89. The van der Waals surface area contributed by atoms with Crippen LogP contribution in [0.2, 0.25) is 0 Å². The van der Waals surface area contributed by atoms with E-state index in [0.717, 1.165) is 23.5 Å². The Balaban J connectivity index is 2.52. The zero-order valence-corrected chi connectivity index (χ0v) is 11.0. The van der Waals surface area contributed by atoms with Crippen LogP contribution in [0.1, 0.15) is 23.4 Å². The molecular formula is C14H19N3O. The van der Waals surface area contributed by atoms with Gasteiger partial charge in [0, 0.05) is 12.2 Å². The summed E-state index contributed by atoms with van der Waals surface area (Å²) in [6, 6.07) is 4.06. The smallest absolute Gasteiger partial charge is 0.103 e. The molecule has 1 aromatic rings. The number of pyridine rings is 1. The van der Waals surface area contributed by atoms with Gasteiger partial charge in [0.25, 0.3) is 0 Å². The molecule has 18 heavy (non-hydrogen) atoms. The lowest BCUT2D eigenvalue weighted by Crippen LogP contribution is -2.11. The van der Waals surface area contributed by atoms with Crippen molar-refractivity contribution in [2.75, 3.05) is 25.1 Å². The summed E-state index contributed by atoms with van der Waals surface area (Å²) in [7, 11) is 0. The average molecular weight is 245 g/mol. The standard InChI is InChI=1S/C14H19N3O/c1-4-5-7-18-8-6-16-14-9-11(2)17-12(3)13(14)10-15/h4,9H,1,5-8H2,2-3H3,(H,16,17). The van der Waals surface area contributed by atoms with Crippen LogP contribution in [-0.2, 0) is 4.74 Å². The molecule has 0 spiro atoms. The van der Waals surface area contributed by atoms with Gasteiger partial charge in [-0.15, -0.1) is 6.58 Å². The summed E-state index contributed by atoms with van der Waals surface area (Å²) in [5, 5.41) is 12.3. The highest BCUT2D eigenvalue weighted by Crippen LogP contribution is 2.18. The van der Waals surface area contributed by atoms with Crippen molar-refractivity contribution in [3.63, 3.8) is 0 Å². The third-order valence-corrected chi connectivity index (χ3v) is 2.47. The molecule has 1 rings (SSSR count). The van der Waals surface area contributed by atoms with E-state index >= 15 is 0 Å². The Morgan fingerprint density at radius 1 is 1.50 bits per heavy atom. The number of nitrogens with zero attached hydrogens (tertiary/aromatic N) is 2. The van der Waals surface area contributed by atoms with Crippen LogP contribution in [0.15, 0.2) is 18.7 Å². The molecule has 1 heterocycles. The van der Waals surface area contributed by atoms with Crippen LogP contribution in [0.5, 0.6) is 0 Å². The Morgan fingerprint density at radius 2 is 2.28 bits per heavy atom. The van der Waals surface area contributed by atoms with Gasteiger partial charge in [0.05, 0.1) is 30.2 Å². The van der Waals surface area contributed by atoms with E-state index in [-0.39, 0.29) is 0 Å². The predicted molar refractivity (Wildman–Crippen MR) is 72.5 cm³/mol. The number of nitrogens with one attached hydrogen (secondary N) is 1. The quantitative estimate of drug-likeness (QED) is 0.592. The minimum Gasteiger partial charge on any atom is -0.382 e. The molecule has 1 N–H and O–H groups in total. The minimum atomic E-state index is 0.603. The van der Waals surface area contributed by atoms with Crippen LogP contribution < -0.4 is 5.32 Å². The van der Waals surface area contributed by atoms with Crippen molar-refractivity contribution in [1.82, 2.24) is 4.98 Å².